The molecule has 0 N–H and O–H groups in total. The molecule has 12 heavy (non-hydrogen) atoms. The first-order valence-corrected chi connectivity index (χ1v) is 4.07. The Morgan fingerprint density at radius 3 is 2.58 bits per heavy atom. The third kappa shape index (κ3) is 1.88. The molecule has 0 fully saturated rings. The first-order chi connectivity index (χ1) is 5.65. The summed E-state index contributed by atoms with van der Waals surface area (Å²) < 4.78 is 24.4. The standard InChI is InChI=1S/C7H3F2IN2/c8-6(9)5-2-1-4(3-11)7(10)12-5/h1-2,6H. The van der Waals surface area contributed by atoms with Gasteiger partial charge in [0.1, 0.15) is 15.5 Å². The van der Waals surface area contributed by atoms with E-state index in [1.54, 1.807) is 22.6 Å². The molecule has 0 aromatic carbocycles. The second kappa shape index (κ2) is 3.76. The largest absolute Gasteiger partial charge is 0.280 e. The minimum absolute atomic E-state index is 0.293. The van der Waals surface area contributed by atoms with Crippen molar-refractivity contribution < 1.29 is 8.78 Å². The van der Waals surface area contributed by atoms with Crippen LogP contribution < -0.4 is 0 Å². The van der Waals surface area contributed by atoms with E-state index in [0.29, 0.717) is 9.26 Å². The maximum atomic E-state index is 12.0. The number of aromatic nitrogens is 1. The van der Waals surface area contributed by atoms with E-state index in [0.717, 1.165) is 6.07 Å². The molecule has 1 rings (SSSR count). The Labute approximate surface area is 81.4 Å². The third-order valence-corrected chi connectivity index (χ3v) is 2.04. The lowest BCUT2D eigenvalue weighted by atomic mass is 10.3. The molecule has 0 spiro atoms. The average Bonchev–Trinajstić information content (AvgIpc) is 2.04. The summed E-state index contributed by atoms with van der Waals surface area (Å²) in [5.41, 5.74) is 0.0263. The van der Waals surface area contributed by atoms with Crippen LogP contribution in [-0.4, -0.2) is 4.98 Å². The van der Waals surface area contributed by atoms with Crippen LogP contribution in [0.15, 0.2) is 12.1 Å². The lowest BCUT2D eigenvalue weighted by Gasteiger charge is -1.99. The van der Waals surface area contributed by atoms with Crippen molar-refractivity contribution in [1.29, 1.82) is 5.26 Å². The van der Waals surface area contributed by atoms with Gasteiger partial charge in [0, 0.05) is 0 Å². The summed E-state index contributed by atoms with van der Waals surface area (Å²) in [6.45, 7) is 0. The molecule has 5 heteroatoms. The van der Waals surface area contributed by atoms with E-state index in [1.165, 1.54) is 6.07 Å². The highest BCUT2D eigenvalue weighted by Gasteiger charge is 2.10. The summed E-state index contributed by atoms with van der Waals surface area (Å²) in [4.78, 5) is 3.56. The number of alkyl halides is 2. The molecule has 1 heterocycles. The van der Waals surface area contributed by atoms with Crippen molar-refractivity contribution in [2.24, 2.45) is 0 Å². The quantitative estimate of drug-likeness (QED) is 0.585. The van der Waals surface area contributed by atoms with Crippen molar-refractivity contribution in [3.05, 3.63) is 27.1 Å². The number of rotatable bonds is 1. The van der Waals surface area contributed by atoms with E-state index >= 15 is 0 Å². The Balaban J connectivity index is 3.12. The first kappa shape index (κ1) is 9.32. The Morgan fingerprint density at radius 2 is 2.17 bits per heavy atom. The van der Waals surface area contributed by atoms with Gasteiger partial charge in [-0.2, -0.15) is 5.26 Å². The molecule has 0 bridgehead atoms. The molecule has 0 saturated carbocycles. The van der Waals surface area contributed by atoms with Crippen LogP contribution in [0.5, 0.6) is 0 Å². The molecule has 0 aliphatic heterocycles. The Hall–Kier alpha value is -0.770. The molecule has 1 aromatic heterocycles. The lowest BCUT2D eigenvalue weighted by Crippen LogP contribution is -1.94. The lowest BCUT2D eigenvalue weighted by molar-refractivity contribution is 0.146. The van der Waals surface area contributed by atoms with Gasteiger partial charge in [0.05, 0.1) is 5.56 Å². The minimum atomic E-state index is -2.58. The third-order valence-electron chi connectivity index (χ3n) is 1.21. The van der Waals surface area contributed by atoms with Crippen LogP contribution in [0, 0.1) is 15.0 Å². The Morgan fingerprint density at radius 1 is 1.50 bits per heavy atom. The highest BCUT2D eigenvalue weighted by molar-refractivity contribution is 14.1. The minimum Gasteiger partial charge on any atom is -0.239 e. The van der Waals surface area contributed by atoms with Gasteiger partial charge in [-0.1, -0.05) is 0 Å². The van der Waals surface area contributed by atoms with E-state index in [2.05, 4.69) is 4.98 Å². The number of halogens is 3. The van der Waals surface area contributed by atoms with Gasteiger partial charge in [-0.25, -0.2) is 13.8 Å². The van der Waals surface area contributed by atoms with Gasteiger partial charge in [-0.15, -0.1) is 0 Å². The molecule has 0 atom stereocenters. The molecule has 0 aliphatic rings. The van der Waals surface area contributed by atoms with Gasteiger partial charge in [0.2, 0.25) is 0 Å². The molecule has 0 saturated heterocycles. The fraction of sp³-hybridized carbons (Fsp3) is 0.143. The molecule has 1 aromatic rings. The van der Waals surface area contributed by atoms with E-state index < -0.39 is 6.43 Å². The van der Waals surface area contributed by atoms with E-state index in [4.69, 9.17) is 5.26 Å². The van der Waals surface area contributed by atoms with E-state index in [1.807, 2.05) is 6.07 Å². The topological polar surface area (TPSA) is 36.7 Å². The fourth-order valence-electron chi connectivity index (χ4n) is 0.653. The predicted octanol–water partition coefficient (Wildman–Crippen LogP) is 2.50. The number of nitriles is 1. The van der Waals surface area contributed by atoms with Gasteiger partial charge < -0.3 is 0 Å². The van der Waals surface area contributed by atoms with E-state index in [-0.39, 0.29) is 5.69 Å². The van der Waals surface area contributed by atoms with Gasteiger partial charge in [0.15, 0.2) is 0 Å². The summed E-state index contributed by atoms with van der Waals surface area (Å²) in [5.74, 6) is 0. The Bertz CT molecular complexity index is 333. The smallest absolute Gasteiger partial charge is 0.239 e. The SMILES string of the molecule is N#Cc1ccc(C(F)F)nc1I. The highest BCUT2D eigenvalue weighted by atomic mass is 127. The maximum Gasteiger partial charge on any atom is 0.280 e. The van der Waals surface area contributed by atoms with Crippen LogP contribution in [0.3, 0.4) is 0 Å². The van der Waals surface area contributed by atoms with E-state index in [9.17, 15) is 8.78 Å². The molecule has 0 amide bonds. The maximum absolute atomic E-state index is 12.0. The van der Waals surface area contributed by atoms with Crippen molar-refractivity contribution in [2.75, 3.05) is 0 Å². The summed E-state index contributed by atoms with van der Waals surface area (Å²) in [5, 5.41) is 8.47. The van der Waals surface area contributed by atoms with Crippen LogP contribution in [0.25, 0.3) is 0 Å². The first-order valence-electron chi connectivity index (χ1n) is 3.00. The molecule has 0 radical (unpaired) electrons. The van der Waals surface area contributed by atoms with Crippen LogP contribution in [0.4, 0.5) is 8.78 Å². The molecule has 0 aliphatic carbocycles. The van der Waals surface area contributed by atoms with Crippen LogP contribution in [0.1, 0.15) is 17.7 Å². The summed E-state index contributed by atoms with van der Waals surface area (Å²) >= 11 is 1.75. The molecular formula is C7H3F2IN2. The number of hydrogen-bond donors (Lipinski definition) is 0. The monoisotopic (exact) mass is 280 g/mol. The Kier molecular flexibility index (Phi) is 2.92. The van der Waals surface area contributed by atoms with Crippen molar-refractivity contribution >= 4 is 22.6 Å². The average molecular weight is 280 g/mol. The van der Waals surface area contributed by atoms with Gasteiger partial charge in [-0.3, -0.25) is 0 Å². The fourth-order valence-corrected chi connectivity index (χ4v) is 1.23. The number of pyridine rings is 1. The molecule has 62 valence electrons. The van der Waals surface area contributed by atoms with Crippen molar-refractivity contribution in [1.82, 2.24) is 4.98 Å². The zero-order chi connectivity index (χ0) is 9.14. The second-order valence-electron chi connectivity index (χ2n) is 1.99. The van der Waals surface area contributed by atoms with Crippen LogP contribution >= 0.6 is 22.6 Å². The number of nitrogens with zero attached hydrogens (tertiary/aromatic N) is 2. The summed E-state index contributed by atoms with van der Waals surface area (Å²) in [7, 11) is 0. The highest BCUT2D eigenvalue weighted by Crippen LogP contribution is 2.18. The zero-order valence-corrected chi connectivity index (χ0v) is 7.92. The van der Waals surface area contributed by atoms with Gasteiger partial charge in [0.25, 0.3) is 6.43 Å². The number of hydrogen-bond acceptors (Lipinski definition) is 2. The normalized spacial score (nSPS) is 9.92. The van der Waals surface area contributed by atoms with Crippen molar-refractivity contribution in [3.8, 4) is 6.07 Å². The molecule has 0 unspecified atom stereocenters. The van der Waals surface area contributed by atoms with Crippen LogP contribution in [-0.2, 0) is 0 Å². The summed E-state index contributed by atoms with van der Waals surface area (Å²) in [6, 6.07) is 4.35. The predicted molar refractivity (Wildman–Crippen MR) is 46.6 cm³/mol. The summed E-state index contributed by atoms with van der Waals surface area (Å²) in [6.07, 6.45) is -2.58. The van der Waals surface area contributed by atoms with Crippen molar-refractivity contribution in [2.45, 2.75) is 6.43 Å². The second-order valence-corrected chi connectivity index (χ2v) is 3.01. The van der Waals surface area contributed by atoms with Gasteiger partial charge in [-0.05, 0) is 34.7 Å². The van der Waals surface area contributed by atoms with Crippen LogP contribution in [0.2, 0.25) is 0 Å². The van der Waals surface area contributed by atoms with Gasteiger partial charge >= 0.3 is 0 Å². The molecule has 2 nitrogen and oxygen atoms in total. The molecular weight excluding hydrogens is 277 g/mol. The van der Waals surface area contributed by atoms with Crippen molar-refractivity contribution in [3.63, 3.8) is 0 Å². The zero-order valence-electron chi connectivity index (χ0n) is 5.76.